The summed E-state index contributed by atoms with van der Waals surface area (Å²) in [4.78, 5) is 0.198. The van der Waals surface area contributed by atoms with Gasteiger partial charge in [-0.2, -0.15) is 0 Å². The standard InChI is InChI=1S/C9H20BrNO3S/c1-8(2)7-15(12,13)11-5-4-9(10)6-14-3/h8-9,11H,4-7H2,1-3H3. The molecular weight excluding hydrogens is 282 g/mol. The SMILES string of the molecule is COCC(Br)CCNS(=O)(=O)CC(C)C. The molecule has 0 amide bonds. The first kappa shape index (κ1) is 15.3. The Kier molecular flexibility index (Phi) is 7.77. The van der Waals surface area contributed by atoms with E-state index in [9.17, 15) is 8.42 Å². The Morgan fingerprint density at radius 3 is 2.47 bits per heavy atom. The van der Waals surface area contributed by atoms with Crippen LogP contribution < -0.4 is 4.72 Å². The highest BCUT2D eigenvalue weighted by molar-refractivity contribution is 9.09. The van der Waals surface area contributed by atoms with Crippen LogP contribution in [0, 0.1) is 5.92 Å². The van der Waals surface area contributed by atoms with Crippen LogP contribution in [0.1, 0.15) is 20.3 Å². The highest BCUT2D eigenvalue weighted by atomic mass is 79.9. The average molecular weight is 302 g/mol. The quantitative estimate of drug-likeness (QED) is 0.689. The number of alkyl halides is 1. The minimum atomic E-state index is -3.10. The molecule has 0 radical (unpaired) electrons. The molecule has 1 unspecified atom stereocenters. The van der Waals surface area contributed by atoms with Gasteiger partial charge in [0, 0.05) is 18.5 Å². The molecule has 0 saturated heterocycles. The Morgan fingerprint density at radius 2 is 2.00 bits per heavy atom. The van der Waals surface area contributed by atoms with Crippen LogP contribution in [0.25, 0.3) is 0 Å². The number of sulfonamides is 1. The summed E-state index contributed by atoms with van der Waals surface area (Å²) in [5.41, 5.74) is 0. The monoisotopic (exact) mass is 301 g/mol. The largest absolute Gasteiger partial charge is 0.384 e. The maximum Gasteiger partial charge on any atom is 0.211 e. The van der Waals surface area contributed by atoms with Crippen molar-refractivity contribution >= 4 is 26.0 Å². The van der Waals surface area contributed by atoms with Crippen LogP contribution in [0.3, 0.4) is 0 Å². The summed E-state index contributed by atoms with van der Waals surface area (Å²) in [6, 6.07) is 0. The highest BCUT2D eigenvalue weighted by Gasteiger charge is 2.12. The molecule has 0 aliphatic carbocycles. The summed E-state index contributed by atoms with van der Waals surface area (Å²) < 4.78 is 30.3. The molecule has 1 atom stereocenters. The topological polar surface area (TPSA) is 55.4 Å². The van der Waals surface area contributed by atoms with Crippen LogP contribution >= 0.6 is 15.9 Å². The van der Waals surface area contributed by atoms with E-state index < -0.39 is 10.0 Å². The van der Waals surface area contributed by atoms with Gasteiger partial charge in [-0.05, 0) is 12.3 Å². The molecule has 4 nitrogen and oxygen atoms in total. The van der Waals surface area contributed by atoms with Gasteiger partial charge in [-0.15, -0.1) is 0 Å². The van der Waals surface area contributed by atoms with Crippen LogP contribution in [0.4, 0.5) is 0 Å². The van der Waals surface area contributed by atoms with E-state index in [0.717, 1.165) is 6.42 Å². The fourth-order valence-corrected chi connectivity index (χ4v) is 3.05. The highest BCUT2D eigenvalue weighted by Crippen LogP contribution is 2.05. The van der Waals surface area contributed by atoms with E-state index >= 15 is 0 Å². The van der Waals surface area contributed by atoms with Crippen molar-refractivity contribution in [3.63, 3.8) is 0 Å². The molecule has 0 rings (SSSR count). The summed E-state index contributed by atoms with van der Waals surface area (Å²) in [6.45, 7) is 4.81. The molecule has 0 aromatic heterocycles. The third-order valence-corrected chi connectivity index (χ3v) is 4.15. The number of halogens is 1. The Balaban J connectivity index is 3.75. The van der Waals surface area contributed by atoms with Gasteiger partial charge in [0.05, 0.1) is 12.4 Å². The number of ether oxygens (including phenoxy) is 1. The number of hydrogen-bond donors (Lipinski definition) is 1. The van der Waals surface area contributed by atoms with Crippen LogP contribution in [-0.2, 0) is 14.8 Å². The maximum atomic E-state index is 11.4. The second kappa shape index (κ2) is 7.60. The van der Waals surface area contributed by atoms with Crippen molar-refractivity contribution in [3.05, 3.63) is 0 Å². The predicted octanol–water partition coefficient (Wildman–Crippen LogP) is 1.36. The van der Waals surface area contributed by atoms with Gasteiger partial charge < -0.3 is 4.74 Å². The number of hydrogen-bond acceptors (Lipinski definition) is 3. The minimum absolute atomic E-state index is 0.154. The first-order chi connectivity index (χ1) is 6.87. The lowest BCUT2D eigenvalue weighted by Gasteiger charge is -2.11. The third-order valence-electron chi connectivity index (χ3n) is 1.68. The predicted molar refractivity (Wildman–Crippen MR) is 65.8 cm³/mol. The Hall–Kier alpha value is 0.350. The second-order valence-electron chi connectivity index (χ2n) is 3.91. The normalized spacial score (nSPS) is 14.5. The van der Waals surface area contributed by atoms with E-state index in [1.165, 1.54) is 0 Å². The summed E-state index contributed by atoms with van der Waals surface area (Å²) in [5, 5.41) is 0. The molecule has 1 N–H and O–H groups in total. The van der Waals surface area contributed by atoms with Crippen LogP contribution in [0.15, 0.2) is 0 Å². The molecular formula is C9H20BrNO3S. The average Bonchev–Trinajstić information content (AvgIpc) is 2.01. The van der Waals surface area contributed by atoms with Crippen molar-refractivity contribution < 1.29 is 13.2 Å². The summed E-state index contributed by atoms with van der Waals surface area (Å²) in [6.07, 6.45) is 0.727. The van der Waals surface area contributed by atoms with Gasteiger partial charge in [-0.1, -0.05) is 29.8 Å². The molecule has 0 aliphatic rings. The number of methoxy groups -OCH3 is 1. The lowest BCUT2D eigenvalue weighted by molar-refractivity contribution is 0.199. The Morgan fingerprint density at radius 1 is 1.40 bits per heavy atom. The van der Waals surface area contributed by atoms with Crippen LogP contribution in [-0.4, -0.2) is 39.3 Å². The molecule has 0 aromatic rings. The van der Waals surface area contributed by atoms with Crippen molar-refractivity contribution in [1.82, 2.24) is 4.72 Å². The van der Waals surface area contributed by atoms with Crippen LogP contribution in [0.2, 0.25) is 0 Å². The summed E-state index contributed by atoms with van der Waals surface area (Å²) in [5.74, 6) is 0.339. The smallest absolute Gasteiger partial charge is 0.211 e. The third kappa shape index (κ3) is 9.29. The van der Waals surface area contributed by atoms with E-state index in [-0.39, 0.29) is 16.5 Å². The fraction of sp³-hybridized carbons (Fsp3) is 1.00. The van der Waals surface area contributed by atoms with Crippen molar-refractivity contribution in [2.45, 2.75) is 25.1 Å². The molecule has 0 spiro atoms. The van der Waals surface area contributed by atoms with Gasteiger partial charge in [0.15, 0.2) is 0 Å². The number of nitrogens with one attached hydrogen (secondary N) is 1. The van der Waals surface area contributed by atoms with E-state index in [0.29, 0.717) is 13.2 Å². The first-order valence-electron chi connectivity index (χ1n) is 4.97. The molecule has 92 valence electrons. The molecule has 0 heterocycles. The van der Waals surface area contributed by atoms with Gasteiger partial charge in [0.25, 0.3) is 0 Å². The van der Waals surface area contributed by atoms with Crippen molar-refractivity contribution in [1.29, 1.82) is 0 Å². The second-order valence-corrected chi connectivity index (χ2v) is 7.06. The van der Waals surface area contributed by atoms with E-state index in [1.807, 2.05) is 13.8 Å². The zero-order chi connectivity index (χ0) is 11.9. The molecule has 0 aliphatic heterocycles. The minimum Gasteiger partial charge on any atom is -0.384 e. The molecule has 0 saturated carbocycles. The lowest BCUT2D eigenvalue weighted by Crippen LogP contribution is -2.30. The fourth-order valence-electron chi connectivity index (χ4n) is 1.13. The molecule has 15 heavy (non-hydrogen) atoms. The number of rotatable bonds is 8. The molecule has 0 aromatic carbocycles. The summed E-state index contributed by atoms with van der Waals surface area (Å²) >= 11 is 3.40. The maximum absolute atomic E-state index is 11.4. The van der Waals surface area contributed by atoms with E-state index in [1.54, 1.807) is 7.11 Å². The zero-order valence-electron chi connectivity index (χ0n) is 9.49. The van der Waals surface area contributed by atoms with Gasteiger partial charge in [0.1, 0.15) is 0 Å². The van der Waals surface area contributed by atoms with E-state index in [2.05, 4.69) is 20.7 Å². The zero-order valence-corrected chi connectivity index (χ0v) is 11.9. The van der Waals surface area contributed by atoms with Crippen molar-refractivity contribution in [2.24, 2.45) is 5.92 Å². The summed E-state index contributed by atoms with van der Waals surface area (Å²) in [7, 11) is -1.48. The van der Waals surface area contributed by atoms with Crippen LogP contribution in [0.5, 0.6) is 0 Å². The molecule has 6 heteroatoms. The molecule has 0 fully saturated rings. The first-order valence-corrected chi connectivity index (χ1v) is 7.54. The van der Waals surface area contributed by atoms with Crippen molar-refractivity contribution in [2.75, 3.05) is 26.0 Å². The van der Waals surface area contributed by atoms with Crippen molar-refractivity contribution in [3.8, 4) is 0 Å². The Bertz CT molecular complexity index is 254. The van der Waals surface area contributed by atoms with Gasteiger partial charge in [-0.25, -0.2) is 13.1 Å². The molecule has 0 bridgehead atoms. The van der Waals surface area contributed by atoms with Gasteiger partial charge in [-0.3, -0.25) is 0 Å². The van der Waals surface area contributed by atoms with E-state index in [4.69, 9.17) is 4.74 Å². The lowest BCUT2D eigenvalue weighted by atomic mass is 10.3. The van der Waals surface area contributed by atoms with Gasteiger partial charge in [0.2, 0.25) is 10.0 Å². The Labute approximate surface area is 101 Å². The van der Waals surface area contributed by atoms with Gasteiger partial charge >= 0.3 is 0 Å².